The van der Waals surface area contributed by atoms with Crippen molar-refractivity contribution in [3.63, 3.8) is 0 Å². The highest BCUT2D eigenvalue weighted by Gasteiger charge is 2.29. The average Bonchev–Trinajstić information content (AvgIpc) is 2.51. The summed E-state index contributed by atoms with van der Waals surface area (Å²) < 4.78 is 6.25. The quantitative estimate of drug-likeness (QED) is 0.639. The number of likely N-dealkylation sites (N-methyl/N-ethyl adjacent to an activating group) is 1. The number of aliphatic hydroxyl groups excluding tert-OH is 1. The Bertz CT molecular complexity index is 319. The number of unbranched alkanes of at least 4 members (excludes halogenated alkanes) is 1. The highest BCUT2D eigenvalue weighted by atomic mass is 16.5. The minimum absolute atomic E-state index is 0.0471. The summed E-state index contributed by atoms with van der Waals surface area (Å²) in [5.74, 6) is 0. The van der Waals surface area contributed by atoms with Crippen molar-refractivity contribution in [2.75, 3.05) is 27.2 Å². The molecular formula is C16H32N2O4. The fourth-order valence-corrected chi connectivity index (χ4v) is 3.02. The largest absolute Gasteiger partial charge is 0.465 e. The summed E-state index contributed by atoms with van der Waals surface area (Å²) in [6, 6.07) is 0.113. The van der Waals surface area contributed by atoms with Gasteiger partial charge in [0, 0.05) is 19.6 Å². The van der Waals surface area contributed by atoms with E-state index >= 15 is 0 Å². The first kappa shape index (κ1) is 19.2. The van der Waals surface area contributed by atoms with Crippen LogP contribution in [0.4, 0.5) is 4.79 Å². The van der Waals surface area contributed by atoms with Crippen LogP contribution in [0.25, 0.3) is 0 Å². The molecule has 1 unspecified atom stereocenters. The first-order valence-electron chi connectivity index (χ1n) is 8.41. The van der Waals surface area contributed by atoms with Crippen molar-refractivity contribution >= 4 is 6.09 Å². The van der Waals surface area contributed by atoms with Crippen LogP contribution in [0.5, 0.6) is 0 Å². The summed E-state index contributed by atoms with van der Waals surface area (Å²) in [6.07, 6.45) is 6.12. The maximum atomic E-state index is 11.0. The Hall–Kier alpha value is -0.850. The Balaban J connectivity index is 2.45. The monoisotopic (exact) mass is 316 g/mol. The molecule has 0 aromatic rings. The molecule has 6 nitrogen and oxygen atoms in total. The lowest BCUT2D eigenvalue weighted by atomic mass is 9.92. The molecule has 0 spiro atoms. The van der Waals surface area contributed by atoms with E-state index in [4.69, 9.17) is 14.9 Å². The molecule has 0 bridgehead atoms. The zero-order valence-corrected chi connectivity index (χ0v) is 14.2. The number of aliphatic hydroxyl groups is 1. The summed E-state index contributed by atoms with van der Waals surface area (Å²) in [5, 5.41) is 18.1. The van der Waals surface area contributed by atoms with Crippen molar-refractivity contribution in [3.05, 3.63) is 0 Å². The van der Waals surface area contributed by atoms with Gasteiger partial charge >= 0.3 is 6.09 Å². The summed E-state index contributed by atoms with van der Waals surface area (Å²) in [6.45, 7) is 2.92. The molecule has 0 heterocycles. The third-order valence-electron chi connectivity index (χ3n) is 4.59. The van der Waals surface area contributed by atoms with Crippen LogP contribution in [-0.4, -0.2) is 71.7 Å². The molecule has 0 aromatic heterocycles. The minimum Gasteiger partial charge on any atom is -0.465 e. The number of hydrogen-bond donors (Lipinski definition) is 2. The lowest BCUT2D eigenvalue weighted by Gasteiger charge is -2.37. The van der Waals surface area contributed by atoms with Gasteiger partial charge in [0.15, 0.2) is 0 Å². The van der Waals surface area contributed by atoms with Crippen LogP contribution in [0.15, 0.2) is 0 Å². The second-order valence-electron chi connectivity index (χ2n) is 6.26. The third-order valence-corrected chi connectivity index (χ3v) is 4.59. The number of carbonyl (C=O) groups is 1. The van der Waals surface area contributed by atoms with Crippen molar-refractivity contribution < 1.29 is 19.7 Å². The van der Waals surface area contributed by atoms with E-state index in [-0.39, 0.29) is 25.0 Å². The van der Waals surface area contributed by atoms with Gasteiger partial charge in [0.05, 0.1) is 12.7 Å². The Morgan fingerprint density at radius 1 is 1.27 bits per heavy atom. The number of hydrogen-bond acceptors (Lipinski definition) is 4. The molecular weight excluding hydrogens is 284 g/mol. The molecule has 1 aliphatic carbocycles. The van der Waals surface area contributed by atoms with Gasteiger partial charge in [-0.2, -0.15) is 0 Å². The number of rotatable bonds is 9. The minimum atomic E-state index is -0.854. The van der Waals surface area contributed by atoms with Crippen LogP contribution in [0.3, 0.4) is 0 Å². The molecule has 22 heavy (non-hydrogen) atoms. The first-order chi connectivity index (χ1) is 10.5. The van der Waals surface area contributed by atoms with E-state index in [1.54, 1.807) is 7.05 Å². The number of nitrogens with zero attached hydrogens (tertiary/aromatic N) is 2. The van der Waals surface area contributed by atoms with Gasteiger partial charge < -0.3 is 19.8 Å². The molecule has 1 aliphatic rings. The molecule has 130 valence electrons. The van der Waals surface area contributed by atoms with E-state index < -0.39 is 6.09 Å². The smallest absolute Gasteiger partial charge is 0.407 e. The summed E-state index contributed by atoms with van der Waals surface area (Å²) in [7, 11) is 3.63. The lowest BCUT2D eigenvalue weighted by Crippen LogP contribution is -2.43. The SMILES string of the molecule is CCCCC(OC1CCC(N(C)C(=O)O)CC1)N(C)CCO. The first-order valence-corrected chi connectivity index (χ1v) is 8.41. The molecule has 6 heteroatoms. The predicted octanol–water partition coefficient (Wildman–Crippen LogP) is 2.36. The molecule has 1 rings (SSSR count). The van der Waals surface area contributed by atoms with Gasteiger partial charge in [-0.05, 0) is 45.6 Å². The second-order valence-corrected chi connectivity index (χ2v) is 6.26. The third kappa shape index (κ3) is 6.10. The average molecular weight is 316 g/mol. The molecule has 0 aromatic carbocycles. The van der Waals surface area contributed by atoms with Gasteiger partial charge in [-0.3, -0.25) is 4.90 Å². The highest BCUT2D eigenvalue weighted by molar-refractivity contribution is 5.64. The maximum Gasteiger partial charge on any atom is 0.407 e. The fourth-order valence-electron chi connectivity index (χ4n) is 3.02. The van der Waals surface area contributed by atoms with Crippen LogP contribution >= 0.6 is 0 Å². The van der Waals surface area contributed by atoms with Crippen LogP contribution in [0.2, 0.25) is 0 Å². The molecule has 1 atom stereocenters. The summed E-state index contributed by atoms with van der Waals surface area (Å²) in [5.41, 5.74) is 0. The molecule has 0 radical (unpaired) electrons. The summed E-state index contributed by atoms with van der Waals surface area (Å²) in [4.78, 5) is 14.5. The van der Waals surface area contributed by atoms with Crippen LogP contribution in [0, 0.1) is 0 Å². The van der Waals surface area contributed by atoms with Crippen LogP contribution in [-0.2, 0) is 4.74 Å². The van der Waals surface area contributed by atoms with E-state index in [1.807, 2.05) is 7.05 Å². The van der Waals surface area contributed by atoms with E-state index in [0.717, 1.165) is 44.9 Å². The van der Waals surface area contributed by atoms with Crippen molar-refractivity contribution in [3.8, 4) is 0 Å². The van der Waals surface area contributed by atoms with Gasteiger partial charge in [-0.15, -0.1) is 0 Å². The molecule has 2 N–H and O–H groups in total. The van der Waals surface area contributed by atoms with Crippen molar-refractivity contribution in [1.82, 2.24) is 9.80 Å². The van der Waals surface area contributed by atoms with Crippen LogP contribution in [0.1, 0.15) is 51.9 Å². The topological polar surface area (TPSA) is 73.2 Å². The van der Waals surface area contributed by atoms with E-state index in [1.165, 1.54) is 4.90 Å². The van der Waals surface area contributed by atoms with E-state index in [9.17, 15) is 4.79 Å². The molecule has 0 aliphatic heterocycles. The highest BCUT2D eigenvalue weighted by Crippen LogP contribution is 2.26. The van der Waals surface area contributed by atoms with E-state index in [0.29, 0.717) is 6.54 Å². The molecule has 1 fully saturated rings. The zero-order valence-electron chi connectivity index (χ0n) is 14.2. The van der Waals surface area contributed by atoms with Gasteiger partial charge in [0.1, 0.15) is 6.23 Å². The normalized spacial score (nSPS) is 23.5. The number of carboxylic acid groups (broad SMARTS) is 1. The zero-order chi connectivity index (χ0) is 16.5. The second kappa shape index (κ2) is 10.0. The van der Waals surface area contributed by atoms with Gasteiger partial charge in [-0.1, -0.05) is 13.3 Å². The molecule has 1 amide bonds. The predicted molar refractivity (Wildman–Crippen MR) is 85.9 cm³/mol. The summed E-state index contributed by atoms with van der Waals surface area (Å²) >= 11 is 0. The maximum absolute atomic E-state index is 11.0. The Labute approximate surface area is 134 Å². The van der Waals surface area contributed by atoms with Crippen LogP contribution < -0.4 is 0 Å². The van der Waals surface area contributed by atoms with Gasteiger partial charge in [0.2, 0.25) is 0 Å². The lowest BCUT2D eigenvalue weighted by molar-refractivity contribution is -0.111. The Kier molecular flexibility index (Phi) is 8.75. The molecule has 0 saturated heterocycles. The standard InChI is InChI=1S/C16H32N2O4/c1-4-5-6-15(17(2)11-12-19)22-14-9-7-13(8-10-14)18(3)16(20)21/h13-15,19H,4-12H2,1-3H3,(H,20,21). The van der Waals surface area contributed by atoms with E-state index in [2.05, 4.69) is 11.8 Å². The van der Waals surface area contributed by atoms with Crippen molar-refractivity contribution in [2.45, 2.75) is 70.2 Å². The van der Waals surface area contributed by atoms with Crippen molar-refractivity contribution in [1.29, 1.82) is 0 Å². The number of ether oxygens (including phenoxy) is 1. The van der Waals surface area contributed by atoms with Crippen molar-refractivity contribution in [2.24, 2.45) is 0 Å². The Morgan fingerprint density at radius 2 is 1.91 bits per heavy atom. The fraction of sp³-hybridized carbons (Fsp3) is 0.938. The van der Waals surface area contributed by atoms with Gasteiger partial charge in [0.25, 0.3) is 0 Å². The number of amides is 1. The molecule has 1 saturated carbocycles. The Morgan fingerprint density at radius 3 is 2.41 bits per heavy atom. The van der Waals surface area contributed by atoms with Gasteiger partial charge in [-0.25, -0.2) is 4.79 Å².